The van der Waals surface area contributed by atoms with Crippen LogP contribution in [-0.2, 0) is 0 Å². The molecule has 0 spiro atoms. The summed E-state index contributed by atoms with van der Waals surface area (Å²) in [4.78, 5) is 20.8. The van der Waals surface area contributed by atoms with Gasteiger partial charge < -0.3 is 10.6 Å². The van der Waals surface area contributed by atoms with E-state index in [1.54, 1.807) is 19.2 Å². The van der Waals surface area contributed by atoms with Crippen molar-refractivity contribution in [3.63, 3.8) is 0 Å². The third kappa shape index (κ3) is 3.11. The molecule has 0 aromatic heterocycles. The van der Waals surface area contributed by atoms with E-state index in [-0.39, 0.29) is 17.1 Å². The minimum atomic E-state index is -0.642. The van der Waals surface area contributed by atoms with Crippen molar-refractivity contribution >= 4 is 28.4 Å². The van der Waals surface area contributed by atoms with Gasteiger partial charge in [-0.25, -0.2) is 0 Å². The zero-order valence-corrected chi connectivity index (χ0v) is 12.0. The normalized spacial score (nSPS) is 10.1. The van der Waals surface area contributed by atoms with Crippen LogP contribution in [0.2, 0.25) is 0 Å². The van der Waals surface area contributed by atoms with Crippen LogP contribution in [0.15, 0.2) is 36.4 Å². The van der Waals surface area contributed by atoms with Crippen LogP contribution < -0.4 is 10.6 Å². The van der Waals surface area contributed by atoms with Gasteiger partial charge in [-0.15, -0.1) is 0 Å². The van der Waals surface area contributed by atoms with Gasteiger partial charge in [0.15, 0.2) is 0 Å². The highest BCUT2D eigenvalue weighted by Gasteiger charge is 2.22. The molecule has 2 aromatic carbocycles. The van der Waals surface area contributed by atoms with Crippen molar-refractivity contribution in [1.29, 1.82) is 0 Å². The summed E-state index contributed by atoms with van der Waals surface area (Å²) in [6.07, 6.45) is 0. The number of hydrogen-bond acceptors (Lipinski definition) is 6. The number of rotatable bonds is 5. The predicted molar refractivity (Wildman–Crippen MR) is 83.8 cm³/mol. The lowest BCUT2D eigenvalue weighted by Gasteiger charge is -2.09. The van der Waals surface area contributed by atoms with Crippen molar-refractivity contribution < 1.29 is 9.85 Å². The fourth-order valence-corrected chi connectivity index (χ4v) is 2.01. The molecule has 0 atom stereocenters. The SMILES string of the molecule is CNc1ccc(Nc2cc(C)c([N+](=O)[O-])cc2[N+](=O)[O-])cc1. The van der Waals surface area contributed by atoms with E-state index in [0.717, 1.165) is 11.8 Å². The van der Waals surface area contributed by atoms with Crippen LogP contribution >= 0.6 is 0 Å². The van der Waals surface area contributed by atoms with Gasteiger partial charge in [0.1, 0.15) is 5.69 Å². The van der Waals surface area contributed by atoms with Gasteiger partial charge in [0.2, 0.25) is 0 Å². The number of hydrogen-bond donors (Lipinski definition) is 2. The molecule has 0 saturated carbocycles. The Bertz CT molecular complexity index is 728. The first kappa shape index (κ1) is 15.2. The molecule has 2 aromatic rings. The maximum absolute atomic E-state index is 11.1. The molecule has 0 heterocycles. The Morgan fingerprint density at radius 1 is 0.909 bits per heavy atom. The zero-order chi connectivity index (χ0) is 16.3. The molecule has 0 aliphatic rings. The van der Waals surface area contributed by atoms with Crippen LogP contribution in [0.3, 0.4) is 0 Å². The summed E-state index contributed by atoms with van der Waals surface area (Å²) < 4.78 is 0. The molecule has 0 radical (unpaired) electrons. The number of nitro groups is 2. The lowest BCUT2D eigenvalue weighted by molar-refractivity contribution is -0.394. The number of nitro benzene ring substituents is 2. The van der Waals surface area contributed by atoms with Gasteiger partial charge in [0.05, 0.1) is 15.9 Å². The third-order valence-corrected chi connectivity index (χ3v) is 3.16. The first-order chi connectivity index (χ1) is 10.4. The van der Waals surface area contributed by atoms with Gasteiger partial charge in [-0.1, -0.05) is 0 Å². The highest BCUT2D eigenvalue weighted by Crippen LogP contribution is 2.34. The number of benzene rings is 2. The van der Waals surface area contributed by atoms with E-state index in [2.05, 4.69) is 10.6 Å². The smallest absolute Gasteiger partial charge is 0.299 e. The molecule has 0 saturated heterocycles. The Balaban J connectivity index is 2.42. The minimum Gasteiger partial charge on any atom is -0.388 e. The first-order valence-corrected chi connectivity index (χ1v) is 6.40. The minimum absolute atomic E-state index is 0.213. The van der Waals surface area contributed by atoms with Crippen LogP contribution in [-0.4, -0.2) is 16.9 Å². The Morgan fingerprint density at radius 2 is 1.45 bits per heavy atom. The standard InChI is InChI=1S/C14H14N4O4/c1-9-7-12(14(18(21)22)8-13(9)17(19)20)16-11-5-3-10(15-2)4-6-11/h3-8,15-16H,1-2H3. The third-order valence-electron chi connectivity index (χ3n) is 3.16. The number of anilines is 3. The van der Waals surface area contributed by atoms with E-state index >= 15 is 0 Å². The average molecular weight is 302 g/mol. The van der Waals surface area contributed by atoms with E-state index in [0.29, 0.717) is 11.3 Å². The van der Waals surface area contributed by atoms with Crippen LogP contribution in [0.4, 0.5) is 28.4 Å². The van der Waals surface area contributed by atoms with Crippen molar-refractivity contribution in [3.8, 4) is 0 Å². The second-order valence-corrected chi connectivity index (χ2v) is 4.62. The zero-order valence-electron chi connectivity index (χ0n) is 12.0. The topological polar surface area (TPSA) is 110 Å². The van der Waals surface area contributed by atoms with Crippen LogP contribution in [0, 0.1) is 27.2 Å². The van der Waals surface area contributed by atoms with Gasteiger partial charge in [-0.2, -0.15) is 0 Å². The van der Waals surface area contributed by atoms with Crippen LogP contribution in [0.5, 0.6) is 0 Å². The highest BCUT2D eigenvalue weighted by molar-refractivity contribution is 5.74. The molecule has 2 N–H and O–H groups in total. The van der Waals surface area contributed by atoms with E-state index in [1.165, 1.54) is 13.0 Å². The van der Waals surface area contributed by atoms with E-state index < -0.39 is 9.85 Å². The Kier molecular flexibility index (Phi) is 4.21. The van der Waals surface area contributed by atoms with Gasteiger partial charge >= 0.3 is 0 Å². The number of nitrogens with zero attached hydrogens (tertiary/aromatic N) is 2. The molecular weight excluding hydrogens is 288 g/mol. The maximum Gasteiger partial charge on any atom is 0.299 e. The van der Waals surface area contributed by atoms with E-state index in [1.807, 2.05) is 12.1 Å². The van der Waals surface area contributed by atoms with Crippen LogP contribution in [0.1, 0.15) is 5.56 Å². The monoisotopic (exact) mass is 302 g/mol. The van der Waals surface area contributed by atoms with Crippen molar-refractivity contribution in [2.75, 3.05) is 17.7 Å². The molecule has 0 bridgehead atoms. The second-order valence-electron chi connectivity index (χ2n) is 4.62. The molecule has 2 rings (SSSR count). The van der Waals surface area contributed by atoms with Crippen molar-refractivity contribution in [1.82, 2.24) is 0 Å². The molecule has 8 nitrogen and oxygen atoms in total. The van der Waals surface area contributed by atoms with Gasteiger partial charge in [0.25, 0.3) is 11.4 Å². The summed E-state index contributed by atoms with van der Waals surface area (Å²) in [5.41, 5.74) is 1.50. The lowest BCUT2D eigenvalue weighted by atomic mass is 10.1. The maximum atomic E-state index is 11.1. The van der Waals surface area contributed by atoms with E-state index in [4.69, 9.17) is 0 Å². The number of aryl methyl sites for hydroxylation is 1. The summed E-state index contributed by atoms with van der Waals surface area (Å²) >= 11 is 0. The second kappa shape index (κ2) is 6.08. The number of nitrogens with one attached hydrogen (secondary N) is 2. The largest absolute Gasteiger partial charge is 0.388 e. The molecule has 0 aliphatic heterocycles. The summed E-state index contributed by atoms with van der Waals surface area (Å²) in [6, 6.07) is 9.51. The molecular formula is C14H14N4O4. The Labute approximate surface area is 126 Å². The summed E-state index contributed by atoms with van der Waals surface area (Å²) in [5, 5.41) is 27.9. The highest BCUT2D eigenvalue weighted by atomic mass is 16.6. The van der Waals surface area contributed by atoms with Crippen LogP contribution in [0.25, 0.3) is 0 Å². The van der Waals surface area contributed by atoms with Crippen molar-refractivity contribution in [2.24, 2.45) is 0 Å². The Hall–Kier alpha value is -3.16. The molecule has 22 heavy (non-hydrogen) atoms. The first-order valence-electron chi connectivity index (χ1n) is 6.40. The summed E-state index contributed by atoms with van der Waals surface area (Å²) in [6.45, 7) is 1.54. The van der Waals surface area contributed by atoms with E-state index in [9.17, 15) is 20.2 Å². The quantitative estimate of drug-likeness (QED) is 0.645. The van der Waals surface area contributed by atoms with Gasteiger partial charge in [0, 0.05) is 24.0 Å². The molecule has 114 valence electrons. The molecule has 8 heteroatoms. The fourth-order valence-electron chi connectivity index (χ4n) is 2.01. The van der Waals surface area contributed by atoms with Gasteiger partial charge in [-0.05, 0) is 37.3 Å². The molecule has 0 amide bonds. The van der Waals surface area contributed by atoms with Crippen molar-refractivity contribution in [2.45, 2.75) is 6.92 Å². The summed E-state index contributed by atoms with van der Waals surface area (Å²) in [5.74, 6) is 0. The van der Waals surface area contributed by atoms with Crippen molar-refractivity contribution in [3.05, 3.63) is 62.2 Å². The molecule has 0 unspecified atom stereocenters. The summed E-state index contributed by atoms with van der Waals surface area (Å²) in [7, 11) is 1.78. The molecule has 0 aliphatic carbocycles. The van der Waals surface area contributed by atoms with Gasteiger partial charge in [-0.3, -0.25) is 20.2 Å². The average Bonchev–Trinajstić information content (AvgIpc) is 2.47. The fraction of sp³-hybridized carbons (Fsp3) is 0.143. The predicted octanol–water partition coefficient (Wildman–Crippen LogP) is 3.60. The molecule has 0 fully saturated rings. The lowest BCUT2D eigenvalue weighted by Crippen LogP contribution is -2.01. The Morgan fingerprint density at radius 3 is 1.95 bits per heavy atom.